The third-order valence-electron chi connectivity index (χ3n) is 5.07. The van der Waals surface area contributed by atoms with Gasteiger partial charge in [-0.15, -0.1) is 0 Å². The molecule has 0 radical (unpaired) electrons. The van der Waals surface area contributed by atoms with Crippen molar-refractivity contribution in [2.24, 2.45) is 11.8 Å². The average molecular weight is 281 g/mol. The van der Waals surface area contributed by atoms with Crippen LogP contribution in [0.3, 0.4) is 0 Å². The number of aromatic nitrogens is 2. The van der Waals surface area contributed by atoms with E-state index in [4.69, 9.17) is 0 Å². The number of likely N-dealkylation sites (tertiary alicyclic amines) is 1. The summed E-state index contributed by atoms with van der Waals surface area (Å²) in [6.45, 7) is 4.06. The summed E-state index contributed by atoms with van der Waals surface area (Å²) in [5, 5.41) is 11.5. The van der Waals surface area contributed by atoms with Crippen molar-refractivity contribution in [3.63, 3.8) is 0 Å². The number of H-pyrrole nitrogens is 1. The van der Waals surface area contributed by atoms with Crippen LogP contribution in [0.5, 0.6) is 0 Å². The minimum absolute atomic E-state index is 0.506. The van der Waals surface area contributed by atoms with Gasteiger partial charge in [0.25, 0.3) is 0 Å². The number of aromatic amines is 1. The first-order valence-corrected chi connectivity index (χ1v) is 7.70. The highest BCUT2D eigenvalue weighted by atomic mass is 16.2. The van der Waals surface area contributed by atoms with E-state index in [0.717, 1.165) is 36.0 Å². The number of hydrogen-bond donors (Lipinski definition) is 2. The second kappa shape index (κ2) is 4.72. The second-order valence-corrected chi connectivity index (χ2v) is 6.53. The molecule has 0 spiro atoms. The molecule has 0 amide bonds. The number of nitrogens with zero attached hydrogens (tertiary/aromatic N) is 2. The number of allylic oxidation sites excluding steroid dienone is 1. The van der Waals surface area contributed by atoms with Gasteiger partial charge in [-0.2, -0.15) is 0 Å². The maximum atomic E-state index is 10.4. The van der Waals surface area contributed by atoms with Crippen molar-refractivity contribution in [3.8, 4) is 0 Å². The standard InChI is InChI=1S/C16H20BN3O/c1-10-9-20(2)6-4-11(10)13-7-17(21)14-8-19-16-12(15(13)14)3-5-18-16/h3,5,7-8,10-11,21H,4,6,9H2,1-2H3,(H,18,19). The Bertz CT molecular complexity index is 723. The molecule has 2 aliphatic rings. The first-order valence-electron chi connectivity index (χ1n) is 7.70. The van der Waals surface area contributed by atoms with Crippen LogP contribution in [0.1, 0.15) is 18.9 Å². The Morgan fingerprint density at radius 2 is 2.33 bits per heavy atom. The molecule has 2 aromatic heterocycles. The molecule has 2 unspecified atom stereocenters. The number of fused-ring (bicyclic) bond motifs is 3. The molecule has 1 saturated heterocycles. The SMILES string of the molecule is CC1CN(C)CCC1C1=CB(O)c2cnc3[nH]ccc3c21. The van der Waals surface area contributed by atoms with Crippen LogP contribution >= 0.6 is 0 Å². The summed E-state index contributed by atoms with van der Waals surface area (Å²) >= 11 is 0. The average Bonchev–Trinajstić information content (AvgIpc) is 3.03. The van der Waals surface area contributed by atoms with Gasteiger partial charge in [0.1, 0.15) is 5.65 Å². The summed E-state index contributed by atoms with van der Waals surface area (Å²) in [5.74, 6) is 3.18. The molecular formula is C16H20BN3O. The zero-order chi connectivity index (χ0) is 14.6. The molecule has 2 aliphatic heterocycles. The lowest BCUT2D eigenvalue weighted by Gasteiger charge is -2.36. The fraction of sp³-hybridized carbons (Fsp3) is 0.438. The van der Waals surface area contributed by atoms with E-state index in [-0.39, 0.29) is 0 Å². The molecule has 4 rings (SSSR count). The Kier molecular flexibility index (Phi) is 2.94. The van der Waals surface area contributed by atoms with E-state index in [9.17, 15) is 5.02 Å². The van der Waals surface area contributed by atoms with E-state index >= 15 is 0 Å². The molecule has 0 aliphatic carbocycles. The molecule has 4 heterocycles. The van der Waals surface area contributed by atoms with Gasteiger partial charge in [0, 0.05) is 24.3 Å². The first-order chi connectivity index (χ1) is 10.1. The van der Waals surface area contributed by atoms with Gasteiger partial charge >= 0.3 is 6.92 Å². The maximum Gasteiger partial charge on any atom is 0.353 e. The molecule has 2 N–H and O–H groups in total. The number of rotatable bonds is 1. The Labute approximate surface area is 125 Å². The van der Waals surface area contributed by atoms with Gasteiger partial charge in [-0.1, -0.05) is 12.9 Å². The number of piperidine rings is 1. The van der Waals surface area contributed by atoms with Gasteiger partial charge in [-0.05, 0) is 54.5 Å². The van der Waals surface area contributed by atoms with E-state index in [2.05, 4.69) is 34.9 Å². The van der Waals surface area contributed by atoms with Crippen LogP contribution in [0.15, 0.2) is 24.4 Å². The predicted octanol–water partition coefficient (Wildman–Crippen LogP) is 1.28. The molecule has 0 saturated carbocycles. The minimum Gasteiger partial charge on any atom is -0.443 e. The van der Waals surface area contributed by atoms with Crippen LogP contribution in [-0.4, -0.2) is 46.9 Å². The number of nitrogens with one attached hydrogen (secondary N) is 1. The van der Waals surface area contributed by atoms with Crippen molar-refractivity contribution in [1.82, 2.24) is 14.9 Å². The van der Waals surface area contributed by atoms with E-state index in [0.29, 0.717) is 11.8 Å². The van der Waals surface area contributed by atoms with E-state index in [1.165, 1.54) is 11.1 Å². The topological polar surface area (TPSA) is 52.1 Å². The monoisotopic (exact) mass is 281 g/mol. The van der Waals surface area contributed by atoms with E-state index in [1.54, 1.807) is 0 Å². The number of pyridine rings is 1. The Hall–Kier alpha value is -1.59. The highest BCUT2D eigenvalue weighted by Gasteiger charge is 2.35. The van der Waals surface area contributed by atoms with Crippen LogP contribution in [0.25, 0.3) is 16.6 Å². The third-order valence-corrected chi connectivity index (χ3v) is 5.07. The molecule has 0 aromatic carbocycles. The third kappa shape index (κ3) is 1.95. The zero-order valence-electron chi connectivity index (χ0n) is 12.5. The summed E-state index contributed by atoms with van der Waals surface area (Å²) < 4.78 is 0. The van der Waals surface area contributed by atoms with Crippen molar-refractivity contribution in [3.05, 3.63) is 30.0 Å². The molecule has 2 aromatic rings. The lowest BCUT2D eigenvalue weighted by molar-refractivity contribution is 0.187. The van der Waals surface area contributed by atoms with Crippen LogP contribution < -0.4 is 5.46 Å². The highest BCUT2D eigenvalue weighted by molar-refractivity contribution is 6.75. The molecule has 2 atom stereocenters. The molecule has 0 bridgehead atoms. The normalized spacial score (nSPS) is 26.2. The number of hydrogen-bond acceptors (Lipinski definition) is 3. The Morgan fingerprint density at radius 1 is 1.48 bits per heavy atom. The van der Waals surface area contributed by atoms with Crippen LogP contribution in [-0.2, 0) is 0 Å². The molecule has 21 heavy (non-hydrogen) atoms. The van der Waals surface area contributed by atoms with Crippen molar-refractivity contribution in [2.45, 2.75) is 13.3 Å². The van der Waals surface area contributed by atoms with Gasteiger partial charge in [0.05, 0.1) is 0 Å². The van der Waals surface area contributed by atoms with Crippen molar-refractivity contribution < 1.29 is 5.02 Å². The highest BCUT2D eigenvalue weighted by Crippen LogP contribution is 2.39. The van der Waals surface area contributed by atoms with Crippen molar-refractivity contribution in [1.29, 1.82) is 0 Å². The summed E-state index contributed by atoms with van der Waals surface area (Å²) in [4.78, 5) is 9.99. The minimum atomic E-state index is -0.506. The van der Waals surface area contributed by atoms with E-state index < -0.39 is 6.92 Å². The molecular weight excluding hydrogens is 261 g/mol. The van der Waals surface area contributed by atoms with E-state index in [1.807, 2.05) is 18.4 Å². The van der Waals surface area contributed by atoms with Gasteiger partial charge in [0.15, 0.2) is 0 Å². The summed E-state index contributed by atoms with van der Waals surface area (Å²) in [6, 6.07) is 2.08. The quantitative estimate of drug-likeness (QED) is 0.774. The van der Waals surface area contributed by atoms with Crippen LogP contribution in [0.2, 0.25) is 0 Å². The van der Waals surface area contributed by atoms with Crippen molar-refractivity contribution >= 4 is 29.0 Å². The Balaban J connectivity index is 1.82. The predicted molar refractivity (Wildman–Crippen MR) is 86.4 cm³/mol. The molecule has 4 nitrogen and oxygen atoms in total. The first kappa shape index (κ1) is 13.1. The zero-order valence-corrected chi connectivity index (χ0v) is 12.5. The maximum absolute atomic E-state index is 10.4. The van der Waals surface area contributed by atoms with Crippen LogP contribution in [0, 0.1) is 11.8 Å². The second-order valence-electron chi connectivity index (χ2n) is 6.53. The molecule has 5 heteroatoms. The lowest BCUT2D eigenvalue weighted by atomic mass is 9.65. The van der Waals surface area contributed by atoms with Gasteiger partial charge in [-0.25, -0.2) is 4.98 Å². The van der Waals surface area contributed by atoms with Gasteiger partial charge in [0.2, 0.25) is 0 Å². The van der Waals surface area contributed by atoms with Crippen molar-refractivity contribution in [2.75, 3.05) is 20.1 Å². The fourth-order valence-corrected chi connectivity index (χ4v) is 4.04. The van der Waals surface area contributed by atoms with Crippen LogP contribution in [0.4, 0.5) is 0 Å². The summed E-state index contributed by atoms with van der Waals surface area (Å²) in [6.07, 6.45) is 4.91. The van der Waals surface area contributed by atoms with Gasteiger partial charge in [-0.3, -0.25) is 0 Å². The Morgan fingerprint density at radius 3 is 3.14 bits per heavy atom. The smallest absolute Gasteiger partial charge is 0.353 e. The molecule has 108 valence electrons. The largest absolute Gasteiger partial charge is 0.443 e. The summed E-state index contributed by atoms with van der Waals surface area (Å²) in [7, 11) is 2.19. The lowest BCUT2D eigenvalue weighted by Crippen LogP contribution is -2.37. The summed E-state index contributed by atoms with van der Waals surface area (Å²) in [5.41, 5.74) is 4.41. The molecule has 1 fully saturated rings. The fourth-order valence-electron chi connectivity index (χ4n) is 4.04. The van der Waals surface area contributed by atoms with Gasteiger partial charge < -0.3 is 14.9 Å².